The van der Waals surface area contributed by atoms with E-state index in [1.807, 2.05) is 0 Å². The molecule has 0 radical (unpaired) electrons. The molecule has 0 fully saturated rings. The fourth-order valence-corrected chi connectivity index (χ4v) is 2.16. The highest BCUT2D eigenvalue weighted by Crippen LogP contribution is 2.18. The van der Waals surface area contributed by atoms with Gasteiger partial charge in [-0.2, -0.15) is 0 Å². The van der Waals surface area contributed by atoms with Crippen molar-refractivity contribution in [1.82, 2.24) is 25.2 Å². The summed E-state index contributed by atoms with van der Waals surface area (Å²) in [4.78, 5) is 20.0. The number of hydrogen-bond acceptors (Lipinski definition) is 6. The number of nitrogens with two attached hydrogens (primary N) is 1. The lowest BCUT2D eigenvalue weighted by atomic mass is 10.2. The third-order valence-electron chi connectivity index (χ3n) is 3.09. The Balaban J connectivity index is 1.74. The molecule has 8 nitrogen and oxygen atoms in total. The zero-order valence-electron chi connectivity index (χ0n) is 12.4. The highest BCUT2D eigenvalue weighted by molar-refractivity contribution is 6.29. The lowest BCUT2D eigenvalue weighted by Gasteiger charge is -2.08. The molecule has 3 rings (SSSR count). The average molecular weight is 345 g/mol. The van der Waals surface area contributed by atoms with Crippen molar-refractivity contribution in [3.05, 3.63) is 65.3 Å². The molecule has 0 bridgehead atoms. The summed E-state index contributed by atoms with van der Waals surface area (Å²) in [5.41, 5.74) is 2.41. The largest absolute Gasteiger partial charge is 0.485 e. The molecule has 3 aromatic rings. The smallest absolute Gasteiger partial charge is 0.268 e. The van der Waals surface area contributed by atoms with Crippen LogP contribution in [0.25, 0.3) is 5.82 Å². The number of hydrogen-bond donors (Lipinski definition) is 2. The van der Waals surface area contributed by atoms with Gasteiger partial charge in [0.15, 0.2) is 11.6 Å². The van der Waals surface area contributed by atoms with Crippen molar-refractivity contribution in [2.45, 2.75) is 6.61 Å². The monoisotopic (exact) mass is 344 g/mol. The number of nitrogens with one attached hydrogen (secondary N) is 1. The highest BCUT2D eigenvalue weighted by Gasteiger charge is 2.12. The van der Waals surface area contributed by atoms with Crippen LogP contribution in [-0.4, -0.2) is 25.7 Å². The van der Waals surface area contributed by atoms with Gasteiger partial charge in [-0.05, 0) is 24.3 Å². The van der Waals surface area contributed by atoms with E-state index in [-0.39, 0.29) is 6.61 Å². The summed E-state index contributed by atoms with van der Waals surface area (Å²) < 4.78 is 7.11. The predicted molar refractivity (Wildman–Crippen MR) is 86.6 cm³/mol. The van der Waals surface area contributed by atoms with E-state index in [0.717, 1.165) is 0 Å². The van der Waals surface area contributed by atoms with Crippen molar-refractivity contribution in [1.29, 1.82) is 0 Å². The summed E-state index contributed by atoms with van der Waals surface area (Å²) in [6.07, 6.45) is 1.51. The molecule has 0 saturated heterocycles. The van der Waals surface area contributed by atoms with Crippen molar-refractivity contribution >= 4 is 17.5 Å². The Morgan fingerprint density at radius 3 is 2.88 bits per heavy atom. The molecule has 0 spiro atoms. The minimum atomic E-state index is -0.438. The van der Waals surface area contributed by atoms with Crippen molar-refractivity contribution in [2.75, 3.05) is 0 Å². The van der Waals surface area contributed by atoms with E-state index in [0.29, 0.717) is 28.1 Å². The summed E-state index contributed by atoms with van der Waals surface area (Å²) in [7, 11) is 0. The van der Waals surface area contributed by atoms with Crippen molar-refractivity contribution in [3.63, 3.8) is 0 Å². The first-order chi connectivity index (χ1) is 11.7. The first-order valence-electron chi connectivity index (χ1n) is 6.93. The van der Waals surface area contributed by atoms with Crippen LogP contribution >= 0.6 is 11.6 Å². The number of pyridine rings is 1. The van der Waals surface area contributed by atoms with Crippen molar-refractivity contribution in [2.24, 2.45) is 5.84 Å². The Bertz CT molecular complexity index is 866. The summed E-state index contributed by atoms with van der Waals surface area (Å²) in [5.74, 6) is 6.08. The molecule has 0 aliphatic heterocycles. The molecule has 0 aliphatic rings. The van der Waals surface area contributed by atoms with E-state index in [1.54, 1.807) is 42.5 Å². The number of ether oxygens (including phenoxy) is 1. The zero-order valence-corrected chi connectivity index (χ0v) is 13.1. The number of nitrogen functional groups attached to an aromatic ring is 1. The Morgan fingerprint density at radius 2 is 2.08 bits per heavy atom. The number of carbonyl (C=O) groups excluding carboxylic acids is 1. The molecular formula is C15H13ClN6O2. The number of nitrogens with zero attached hydrogens (tertiary/aromatic N) is 4. The number of halogens is 1. The van der Waals surface area contributed by atoms with Gasteiger partial charge < -0.3 is 4.74 Å². The van der Waals surface area contributed by atoms with Gasteiger partial charge >= 0.3 is 0 Å². The molecule has 24 heavy (non-hydrogen) atoms. The fourth-order valence-electron chi connectivity index (χ4n) is 2.00. The summed E-state index contributed by atoms with van der Waals surface area (Å²) >= 11 is 5.86. The lowest BCUT2D eigenvalue weighted by molar-refractivity contribution is 0.0949. The first-order valence-corrected chi connectivity index (χ1v) is 7.31. The highest BCUT2D eigenvalue weighted by atomic mass is 35.5. The lowest BCUT2D eigenvalue weighted by Crippen LogP contribution is -2.30. The minimum Gasteiger partial charge on any atom is -0.485 e. The van der Waals surface area contributed by atoms with Gasteiger partial charge in [-0.1, -0.05) is 29.8 Å². The van der Waals surface area contributed by atoms with Gasteiger partial charge in [0.2, 0.25) is 0 Å². The molecule has 2 heterocycles. The molecule has 0 saturated carbocycles. The van der Waals surface area contributed by atoms with E-state index >= 15 is 0 Å². The minimum absolute atomic E-state index is 0.0857. The van der Waals surface area contributed by atoms with Crippen LogP contribution in [0.4, 0.5) is 0 Å². The number of hydrazine groups is 1. The maximum Gasteiger partial charge on any atom is 0.268 e. The second-order valence-electron chi connectivity index (χ2n) is 4.68. The topological polar surface area (TPSA) is 108 Å². The second-order valence-corrected chi connectivity index (χ2v) is 5.07. The molecular weight excluding hydrogens is 332 g/mol. The first kappa shape index (κ1) is 15.9. The van der Waals surface area contributed by atoms with Gasteiger partial charge in [0.25, 0.3) is 5.91 Å². The maximum atomic E-state index is 11.7. The molecule has 0 unspecified atom stereocenters. The third-order valence-corrected chi connectivity index (χ3v) is 3.30. The van der Waals surface area contributed by atoms with Crippen molar-refractivity contribution in [3.8, 4) is 11.6 Å². The van der Waals surface area contributed by atoms with Crippen LogP contribution in [-0.2, 0) is 6.61 Å². The summed E-state index contributed by atoms with van der Waals surface area (Å²) in [6, 6.07) is 11.9. The van der Waals surface area contributed by atoms with Crippen LogP contribution < -0.4 is 16.0 Å². The van der Waals surface area contributed by atoms with Gasteiger partial charge in [-0.25, -0.2) is 20.5 Å². The molecule has 3 N–H and O–H groups in total. The maximum absolute atomic E-state index is 11.7. The van der Waals surface area contributed by atoms with E-state index in [2.05, 4.69) is 20.5 Å². The number of benzene rings is 1. The fraction of sp³-hybridized carbons (Fsp3) is 0.0667. The zero-order chi connectivity index (χ0) is 16.9. The molecule has 1 aromatic carbocycles. The van der Waals surface area contributed by atoms with Crippen LogP contribution in [0.3, 0.4) is 0 Å². The van der Waals surface area contributed by atoms with Gasteiger partial charge in [0, 0.05) is 0 Å². The van der Waals surface area contributed by atoms with Crippen molar-refractivity contribution < 1.29 is 9.53 Å². The summed E-state index contributed by atoms with van der Waals surface area (Å²) in [5, 5.41) is 4.63. The predicted octanol–water partition coefficient (Wildman–Crippen LogP) is 1.50. The van der Waals surface area contributed by atoms with E-state index in [9.17, 15) is 4.79 Å². The summed E-state index contributed by atoms with van der Waals surface area (Å²) in [6.45, 7) is 0.0857. The van der Waals surface area contributed by atoms with Crippen LogP contribution in [0.1, 0.15) is 16.2 Å². The van der Waals surface area contributed by atoms with Gasteiger partial charge in [-0.15, -0.1) is 5.10 Å². The van der Waals surface area contributed by atoms with Gasteiger partial charge in [0.05, 0.1) is 5.56 Å². The molecule has 9 heteroatoms. The number of carbonyl (C=O) groups is 1. The van der Waals surface area contributed by atoms with Crippen LogP contribution in [0.2, 0.25) is 5.15 Å². The Hall–Kier alpha value is -2.97. The Kier molecular flexibility index (Phi) is 4.69. The van der Waals surface area contributed by atoms with Crippen LogP contribution in [0.5, 0.6) is 5.75 Å². The number of para-hydroxylation sites is 1. The molecule has 0 aliphatic carbocycles. The molecule has 0 atom stereocenters. The molecule has 2 aromatic heterocycles. The molecule has 122 valence electrons. The van der Waals surface area contributed by atoms with Gasteiger partial charge in [0.1, 0.15) is 23.8 Å². The third kappa shape index (κ3) is 3.50. The number of rotatable bonds is 5. The number of amides is 1. The number of aromatic nitrogens is 4. The molecule has 1 amide bonds. The Labute approximate surface area is 142 Å². The van der Waals surface area contributed by atoms with E-state index in [1.165, 1.54) is 11.0 Å². The second kappa shape index (κ2) is 7.07. The Morgan fingerprint density at radius 1 is 1.25 bits per heavy atom. The van der Waals surface area contributed by atoms with Crippen LogP contribution in [0, 0.1) is 0 Å². The van der Waals surface area contributed by atoms with Gasteiger partial charge in [-0.3, -0.25) is 10.2 Å². The van der Waals surface area contributed by atoms with E-state index < -0.39 is 5.91 Å². The average Bonchev–Trinajstić information content (AvgIpc) is 3.08. The normalized spacial score (nSPS) is 10.4. The van der Waals surface area contributed by atoms with Crippen LogP contribution in [0.15, 0.2) is 48.8 Å². The standard InChI is InChI=1S/C15H13ClN6O2/c16-12-6-3-7-14(19-12)22-9-18-13(21-22)8-24-11-5-2-1-4-10(11)15(23)20-17/h1-7,9H,8,17H2,(H,20,23). The SMILES string of the molecule is NNC(=O)c1ccccc1OCc1ncn(-c2cccc(Cl)n2)n1. The van der Waals surface area contributed by atoms with E-state index in [4.69, 9.17) is 22.2 Å². The quantitative estimate of drug-likeness (QED) is 0.314.